The molecule has 1 aromatic heterocycles. The first-order valence-corrected chi connectivity index (χ1v) is 10.0. The molecule has 29 heavy (non-hydrogen) atoms. The molecule has 0 radical (unpaired) electrons. The third-order valence-corrected chi connectivity index (χ3v) is 5.70. The van der Waals surface area contributed by atoms with E-state index in [1.54, 1.807) is 19.4 Å². The van der Waals surface area contributed by atoms with E-state index < -0.39 is 0 Å². The molecule has 7 nitrogen and oxygen atoms in total. The van der Waals surface area contributed by atoms with Gasteiger partial charge in [0.25, 0.3) is 0 Å². The van der Waals surface area contributed by atoms with Crippen LogP contribution in [0.1, 0.15) is 23.5 Å². The van der Waals surface area contributed by atoms with Crippen LogP contribution in [0.15, 0.2) is 36.5 Å². The highest BCUT2D eigenvalue weighted by atomic mass is 16.5. The molecule has 0 bridgehead atoms. The Hall–Kier alpha value is -2.64. The van der Waals surface area contributed by atoms with Crippen LogP contribution in [0.4, 0.5) is 16.2 Å². The summed E-state index contributed by atoms with van der Waals surface area (Å²) >= 11 is 0. The number of amides is 2. The van der Waals surface area contributed by atoms with Crippen molar-refractivity contribution in [2.45, 2.75) is 25.3 Å². The van der Waals surface area contributed by atoms with Crippen molar-refractivity contribution in [1.29, 1.82) is 0 Å². The summed E-state index contributed by atoms with van der Waals surface area (Å²) in [6.07, 6.45) is 2.59. The topological polar surface area (TPSA) is 66.9 Å². The summed E-state index contributed by atoms with van der Waals surface area (Å²) in [5, 5.41) is 3.01. The van der Waals surface area contributed by atoms with Crippen LogP contribution < -0.4 is 15.0 Å². The molecule has 2 aliphatic heterocycles. The molecular weight excluding hydrogens is 368 g/mol. The Balaban J connectivity index is 1.51. The highest BCUT2D eigenvalue weighted by Gasteiger charge is 2.43. The quantitative estimate of drug-likeness (QED) is 0.786. The van der Waals surface area contributed by atoms with Gasteiger partial charge in [0, 0.05) is 37.4 Å². The Morgan fingerprint density at radius 3 is 2.90 bits per heavy atom. The monoisotopic (exact) mass is 396 g/mol. The summed E-state index contributed by atoms with van der Waals surface area (Å²) in [5.74, 6) is 0.863. The third kappa shape index (κ3) is 4.06. The maximum absolute atomic E-state index is 13.2. The Labute approximate surface area is 171 Å². The number of fused-ring (bicyclic) bond motifs is 3. The number of nitrogens with zero attached hydrogens (tertiary/aromatic N) is 3. The molecule has 0 spiro atoms. The summed E-state index contributed by atoms with van der Waals surface area (Å²) < 4.78 is 10.4. The van der Waals surface area contributed by atoms with Crippen molar-refractivity contribution in [3.05, 3.63) is 47.7 Å². The van der Waals surface area contributed by atoms with Crippen LogP contribution >= 0.6 is 0 Å². The zero-order chi connectivity index (χ0) is 20.4. The fraction of sp³-hybridized carbons (Fsp3) is 0.455. The number of likely N-dealkylation sites (tertiary alicyclic amines) is 1. The predicted octanol–water partition coefficient (Wildman–Crippen LogP) is 3.26. The number of nitrogens with one attached hydrogen (secondary N) is 1. The minimum Gasteiger partial charge on any atom is -0.475 e. The zero-order valence-corrected chi connectivity index (χ0v) is 17.2. The van der Waals surface area contributed by atoms with E-state index in [0.29, 0.717) is 30.7 Å². The van der Waals surface area contributed by atoms with Gasteiger partial charge in [0.05, 0.1) is 18.5 Å². The summed E-state index contributed by atoms with van der Waals surface area (Å²) in [5.41, 5.74) is 4.17. The smallest absolute Gasteiger partial charge is 0.326 e. The first kappa shape index (κ1) is 19.7. The largest absolute Gasteiger partial charge is 0.475 e. The predicted molar refractivity (Wildman–Crippen MR) is 113 cm³/mol. The lowest BCUT2D eigenvalue weighted by atomic mass is 9.89. The molecule has 1 aromatic carbocycles. The van der Waals surface area contributed by atoms with Crippen molar-refractivity contribution < 1.29 is 14.3 Å². The highest BCUT2D eigenvalue weighted by Crippen LogP contribution is 2.45. The summed E-state index contributed by atoms with van der Waals surface area (Å²) in [6.45, 7) is 5.02. The van der Waals surface area contributed by atoms with E-state index in [9.17, 15) is 4.79 Å². The fourth-order valence-electron chi connectivity index (χ4n) is 4.30. The molecule has 1 saturated heterocycles. The molecule has 154 valence electrons. The zero-order valence-electron chi connectivity index (χ0n) is 17.2. The van der Waals surface area contributed by atoms with Gasteiger partial charge in [-0.1, -0.05) is 17.7 Å². The number of rotatable bonds is 5. The molecule has 2 amide bonds. The number of methoxy groups -OCH3 is 1. The minimum atomic E-state index is -0.109. The van der Waals surface area contributed by atoms with Crippen LogP contribution in [0.2, 0.25) is 0 Å². The Bertz CT molecular complexity index is 871. The van der Waals surface area contributed by atoms with Crippen LogP contribution in [0.25, 0.3) is 0 Å². The van der Waals surface area contributed by atoms with Gasteiger partial charge in [-0.05, 0) is 44.6 Å². The average Bonchev–Trinajstić information content (AvgIpc) is 3.02. The average molecular weight is 396 g/mol. The lowest BCUT2D eigenvalue weighted by Crippen LogP contribution is -2.48. The summed E-state index contributed by atoms with van der Waals surface area (Å²) in [7, 11) is 3.78. The third-order valence-electron chi connectivity index (χ3n) is 5.70. The van der Waals surface area contributed by atoms with Gasteiger partial charge in [-0.15, -0.1) is 0 Å². The number of urea groups is 1. The van der Waals surface area contributed by atoms with Gasteiger partial charge in [0.2, 0.25) is 5.88 Å². The number of pyridine rings is 1. The highest BCUT2D eigenvalue weighted by molar-refractivity contribution is 6.04. The first-order chi connectivity index (χ1) is 14.1. The molecule has 3 heterocycles. The second-order valence-corrected chi connectivity index (χ2v) is 7.81. The molecule has 0 aliphatic carbocycles. The van der Waals surface area contributed by atoms with Gasteiger partial charge < -0.3 is 19.7 Å². The number of hydrogen-bond acceptors (Lipinski definition) is 5. The second-order valence-electron chi connectivity index (χ2n) is 7.81. The minimum absolute atomic E-state index is 0.109. The molecule has 2 atom stereocenters. The van der Waals surface area contributed by atoms with Crippen LogP contribution in [-0.2, 0) is 4.74 Å². The molecule has 2 aromatic rings. The SMILES string of the molecule is COCCOc1ccc(NC(=O)N2c3ccc(C)cc3C3CN(C)CCC32)cn1. The number of hydrogen-bond donors (Lipinski definition) is 1. The summed E-state index contributed by atoms with van der Waals surface area (Å²) in [6, 6.07) is 10.0. The Kier molecular flexibility index (Phi) is 5.69. The summed E-state index contributed by atoms with van der Waals surface area (Å²) in [4.78, 5) is 21.8. The molecule has 1 fully saturated rings. The number of aryl methyl sites for hydroxylation is 1. The van der Waals surface area contributed by atoms with Crippen LogP contribution in [0.5, 0.6) is 5.88 Å². The van der Waals surface area contributed by atoms with Gasteiger partial charge in [0.15, 0.2) is 0 Å². The number of likely N-dealkylation sites (N-methyl/N-ethyl adjacent to an activating group) is 1. The molecule has 2 aliphatic rings. The fourth-order valence-corrected chi connectivity index (χ4v) is 4.30. The van der Waals surface area contributed by atoms with Crippen molar-refractivity contribution in [2.75, 3.05) is 50.7 Å². The van der Waals surface area contributed by atoms with E-state index in [1.165, 1.54) is 11.1 Å². The van der Waals surface area contributed by atoms with Gasteiger partial charge in [-0.3, -0.25) is 4.90 Å². The van der Waals surface area contributed by atoms with Crippen LogP contribution in [-0.4, -0.2) is 62.4 Å². The number of aromatic nitrogens is 1. The second kappa shape index (κ2) is 8.39. The molecule has 1 N–H and O–H groups in total. The van der Waals surface area contributed by atoms with E-state index in [2.05, 4.69) is 47.4 Å². The number of ether oxygens (including phenoxy) is 2. The van der Waals surface area contributed by atoms with Gasteiger partial charge in [-0.2, -0.15) is 0 Å². The Morgan fingerprint density at radius 1 is 1.28 bits per heavy atom. The van der Waals surface area contributed by atoms with E-state index in [4.69, 9.17) is 9.47 Å². The Morgan fingerprint density at radius 2 is 2.14 bits per heavy atom. The van der Waals surface area contributed by atoms with Crippen LogP contribution in [0, 0.1) is 6.92 Å². The number of piperidine rings is 1. The van der Waals surface area contributed by atoms with Gasteiger partial charge >= 0.3 is 6.03 Å². The van der Waals surface area contributed by atoms with E-state index in [0.717, 1.165) is 25.2 Å². The van der Waals surface area contributed by atoms with Gasteiger partial charge in [-0.25, -0.2) is 9.78 Å². The lowest BCUT2D eigenvalue weighted by molar-refractivity contribution is 0.144. The standard InChI is InChI=1S/C22H28N4O3/c1-15-4-6-19-17(12-15)18-14-25(2)9-8-20(18)26(19)22(27)24-16-5-7-21(23-13-16)29-11-10-28-3/h4-7,12-13,18,20H,8-11,14H2,1-3H3,(H,24,27). The molecule has 2 unspecified atom stereocenters. The number of anilines is 2. The number of carbonyl (C=O) groups is 1. The van der Waals surface area contributed by atoms with E-state index >= 15 is 0 Å². The van der Waals surface area contributed by atoms with Crippen molar-refractivity contribution in [1.82, 2.24) is 9.88 Å². The van der Waals surface area contributed by atoms with Crippen molar-refractivity contribution >= 4 is 17.4 Å². The molecule has 0 saturated carbocycles. The van der Waals surface area contributed by atoms with Gasteiger partial charge in [0.1, 0.15) is 6.61 Å². The van der Waals surface area contributed by atoms with E-state index in [-0.39, 0.29) is 12.1 Å². The molecular formula is C22H28N4O3. The number of benzene rings is 1. The first-order valence-electron chi connectivity index (χ1n) is 10.0. The maximum atomic E-state index is 13.2. The van der Waals surface area contributed by atoms with Crippen LogP contribution in [0.3, 0.4) is 0 Å². The molecule has 7 heteroatoms. The molecule has 4 rings (SSSR count). The maximum Gasteiger partial charge on any atom is 0.326 e. The van der Waals surface area contributed by atoms with E-state index in [1.807, 2.05) is 11.0 Å². The normalized spacial score (nSPS) is 20.9. The van der Waals surface area contributed by atoms with Crippen molar-refractivity contribution in [3.63, 3.8) is 0 Å². The van der Waals surface area contributed by atoms with Crippen molar-refractivity contribution in [2.24, 2.45) is 0 Å². The van der Waals surface area contributed by atoms with Crippen molar-refractivity contribution in [3.8, 4) is 5.88 Å². The number of carbonyl (C=O) groups excluding carboxylic acids is 1. The lowest BCUT2D eigenvalue weighted by Gasteiger charge is -2.36.